The molecule has 0 saturated carbocycles. The predicted octanol–water partition coefficient (Wildman–Crippen LogP) is 6.31. The van der Waals surface area contributed by atoms with E-state index in [1.54, 1.807) is 16.8 Å². The van der Waals surface area contributed by atoms with Crippen molar-refractivity contribution < 1.29 is 22.7 Å². The smallest absolute Gasteiger partial charge is 0.381 e. The molecule has 10 heteroatoms. The predicted molar refractivity (Wildman–Crippen MR) is 138 cm³/mol. The molecule has 0 aliphatic carbocycles. The Balaban J connectivity index is 1.57. The minimum atomic E-state index is -4.59. The number of rotatable bonds is 12. The number of carbonyl (C=O) groups is 1. The van der Waals surface area contributed by atoms with E-state index in [1.165, 1.54) is 17.1 Å². The van der Waals surface area contributed by atoms with Crippen LogP contribution >= 0.6 is 0 Å². The minimum Gasteiger partial charge on any atom is -0.381 e. The standard InChI is InChI=1S/C28H32F3N5O2/c1-4-11-35-18-22(26(34-35)28(29,30)31)24-17-33-27-23(32-10-12-36(24)27)16-20-8-9-21(19(3)15-20)25(37)7-6-14-38-13-5-2/h8-10,12,15,17-18H,4-7,11,13-14,16H2,1-3H3. The van der Waals surface area contributed by atoms with Crippen LogP contribution in [0.1, 0.15) is 72.4 Å². The first-order chi connectivity index (χ1) is 18.2. The molecule has 0 fully saturated rings. The average molecular weight is 528 g/mol. The van der Waals surface area contributed by atoms with Gasteiger partial charge in [-0.15, -0.1) is 0 Å². The number of hydrogen-bond acceptors (Lipinski definition) is 5. The highest BCUT2D eigenvalue weighted by atomic mass is 19.4. The molecule has 38 heavy (non-hydrogen) atoms. The number of Topliss-reactive ketones (excluding diaryl/α,β-unsaturated/α-hetero) is 1. The number of alkyl halides is 3. The van der Waals surface area contributed by atoms with Crippen molar-refractivity contribution in [2.45, 2.75) is 65.6 Å². The summed E-state index contributed by atoms with van der Waals surface area (Å²) in [5, 5.41) is 3.79. The third-order valence-electron chi connectivity index (χ3n) is 6.26. The van der Waals surface area contributed by atoms with Crippen LogP contribution in [0.15, 0.2) is 43.0 Å². The Bertz CT molecular complexity index is 1410. The molecule has 3 heterocycles. The normalized spacial score (nSPS) is 11.9. The van der Waals surface area contributed by atoms with E-state index < -0.39 is 11.9 Å². The van der Waals surface area contributed by atoms with Crippen molar-refractivity contribution in [3.8, 4) is 11.3 Å². The van der Waals surface area contributed by atoms with Gasteiger partial charge in [0, 0.05) is 56.8 Å². The molecule has 7 nitrogen and oxygen atoms in total. The fourth-order valence-corrected chi connectivity index (χ4v) is 4.52. The maximum atomic E-state index is 13.8. The first-order valence-corrected chi connectivity index (χ1v) is 12.9. The third kappa shape index (κ3) is 6.12. The number of benzene rings is 1. The second kappa shape index (κ2) is 11.9. The summed E-state index contributed by atoms with van der Waals surface area (Å²) in [4.78, 5) is 21.5. The van der Waals surface area contributed by atoms with Crippen molar-refractivity contribution in [1.29, 1.82) is 0 Å². The highest BCUT2D eigenvalue weighted by Gasteiger charge is 2.38. The summed E-state index contributed by atoms with van der Waals surface area (Å²) in [5.74, 6) is 0.0800. The van der Waals surface area contributed by atoms with Crippen LogP contribution in [0.3, 0.4) is 0 Å². The molecule has 0 aliphatic heterocycles. The topological polar surface area (TPSA) is 74.3 Å². The summed E-state index contributed by atoms with van der Waals surface area (Å²) in [5.41, 5.74) is 2.94. The number of aryl methyl sites for hydroxylation is 2. The van der Waals surface area contributed by atoms with E-state index in [1.807, 2.05) is 39.0 Å². The molecule has 0 amide bonds. The van der Waals surface area contributed by atoms with Crippen molar-refractivity contribution in [2.75, 3.05) is 13.2 Å². The molecule has 0 spiro atoms. The first-order valence-electron chi connectivity index (χ1n) is 12.9. The van der Waals surface area contributed by atoms with Gasteiger partial charge in [0.25, 0.3) is 0 Å². The van der Waals surface area contributed by atoms with E-state index in [0.29, 0.717) is 68.0 Å². The molecule has 4 aromatic rings. The van der Waals surface area contributed by atoms with Crippen LogP contribution in [0.2, 0.25) is 0 Å². The quantitative estimate of drug-likeness (QED) is 0.159. The first kappa shape index (κ1) is 27.5. The van der Waals surface area contributed by atoms with Gasteiger partial charge < -0.3 is 4.74 Å². The number of nitrogens with zero attached hydrogens (tertiary/aromatic N) is 5. The summed E-state index contributed by atoms with van der Waals surface area (Å²) < 4.78 is 49.7. The van der Waals surface area contributed by atoms with E-state index in [-0.39, 0.29) is 11.3 Å². The van der Waals surface area contributed by atoms with Gasteiger partial charge in [-0.05, 0) is 37.3 Å². The molecular weight excluding hydrogens is 495 g/mol. The van der Waals surface area contributed by atoms with Gasteiger partial charge >= 0.3 is 6.18 Å². The molecule has 0 saturated heterocycles. The Morgan fingerprint density at radius 1 is 1.11 bits per heavy atom. The molecule has 0 bridgehead atoms. The SMILES string of the molecule is CCCOCCCC(=O)c1ccc(Cc2nccn3c(-c4cn(CCC)nc4C(F)(F)F)cnc23)cc1C. The molecule has 0 aliphatic rings. The van der Waals surface area contributed by atoms with Crippen LogP contribution in [0.4, 0.5) is 13.2 Å². The van der Waals surface area contributed by atoms with E-state index in [0.717, 1.165) is 17.5 Å². The van der Waals surface area contributed by atoms with Crippen LogP contribution in [0.5, 0.6) is 0 Å². The van der Waals surface area contributed by atoms with Gasteiger partial charge in [0.2, 0.25) is 0 Å². The maximum Gasteiger partial charge on any atom is 0.435 e. The van der Waals surface area contributed by atoms with E-state index in [4.69, 9.17) is 4.74 Å². The Hall–Kier alpha value is -3.53. The highest BCUT2D eigenvalue weighted by Crippen LogP contribution is 2.36. The second-order valence-corrected chi connectivity index (χ2v) is 9.33. The van der Waals surface area contributed by atoms with Gasteiger partial charge in [-0.1, -0.05) is 32.0 Å². The fraction of sp³-hybridized carbons (Fsp3) is 0.429. The molecule has 0 radical (unpaired) electrons. The Labute approximate surface area is 219 Å². The number of carbonyl (C=O) groups excluding carboxylic acids is 1. The van der Waals surface area contributed by atoms with Gasteiger partial charge in [0.05, 0.1) is 23.1 Å². The summed E-state index contributed by atoms with van der Waals surface area (Å²) in [6.45, 7) is 7.49. The van der Waals surface area contributed by atoms with Gasteiger partial charge in [-0.25, -0.2) is 4.98 Å². The molecule has 1 aromatic carbocycles. The molecule has 4 rings (SSSR count). The third-order valence-corrected chi connectivity index (χ3v) is 6.26. The number of hydrogen-bond donors (Lipinski definition) is 0. The molecule has 202 valence electrons. The lowest BCUT2D eigenvalue weighted by Crippen LogP contribution is -2.09. The minimum absolute atomic E-state index is 0.0191. The lowest BCUT2D eigenvalue weighted by atomic mass is 9.97. The molecular formula is C28H32F3N5O2. The zero-order valence-corrected chi connectivity index (χ0v) is 21.9. The number of aromatic nitrogens is 5. The number of imidazole rings is 1. The van der Waals surface area contributed by atoms with Gasteiger partial charge in [0.15, 0.2) is 17.1 Å². The van der Waals surface area contributed by atoms with Gasteiger partial charge in [-0.3, -0.25) is 18.9 Å². The van der Waals surface area contributed by atoms with Crippen LogP contribution in [-0.2, 0) is 23.9 Å². The summed E-state index contributed by atoms with van der Waals surface area (Å²) >= 11 is 0. The van der Waals surface area contributed by atoms with Crippen molar-refractivity contribution in [2.24, 2.45) is 0 Å². The highest BCUT2D eigenvalue weighted by molar-refractivity contribution is 5.97. The lowest BCUT2D eigenvalue weighted by molar-refractivity contribution is -0.141. The number of halogens is 3. The largest absolute Gasteiger partial charge is 0.435 e. The summed E-state index contributed by atoms with van der Waals surface area (Å²) in [6.07, 6.45) is 4.57. The van der Waals surface area contributed by atoms with Crippen molar-refractivity contribution in [3.05, 3.63) is 71.1 Å². The zero-order chi connectivity index (χ0) is 27.3. The van der Waals surface area contributed by atoms with Crippen molar-refractivity contribution in [1.82, 2.24) is 24.1 Å². The molecule has 3 aromatic heterocycles. The lowest BCUT2D eigenvalue weighted by Gasteiger charge is -2.10. The van der Waals surface area contributed by atoms with Crippen molar-refractivity contribution in [3.63, 3.8) is 0 Å². The second-order valence-electron chi connectivity index (χ2n) is 9.33. The number of fused-ring (bicyclic) bond motifs is 1. The van der Waals surface area contributed by atoms with Crippen LogP contribution < -0.4 is 0 Å². The van der Waals surface area contributed by atoms with E-state index in [9.17, 15) is 18.0 Å². The average Bonchev–Trinajstić information content (AvgIpc) is 3.49. The molecule has 0 unspecified atom stereocenters. The summed E-state index contributed by atoms with van der Waals surface area (Å²) in [6, 6.07) is 5.67. The maximum absolute atomic E-state index is 13.8. The van der Waals surface area contributed by atoms with E-state index >= 15 is 0 Å². The summed E-state index contributed by atoms with van der Waals surface area (Å²) in [7, 11) is 0. The van der Waals surface area contributed by atoms with E-state index in [2.05, 4.69) is 15.1 Å². The zero-order valence-electron chi connectivity index (χ0n) is 21.9. The Kier molecular flexibility index (Phi) is 8.61. The Morgan fingerprint density at radius 2 is 1.92 bits per heavy atom. The monoisotopic (exact) mass is 527 g/mol. The van der Waals surface area contributed by atoms with Gasteiger partial charge in [-0.2, -0.15) is 18.3 Å². The van der Waals surface area contributed by atoms with Crippen molar-refractivity contribution >= 4 is 11.4 Å². The molecule has 0 atom stereocenters. The number of ketones is 1. The number of ether oxygens (including phenoxy) is 1. The van der Waals surface area contributed by atoms with Crippen LogP contribution in [0, 0.1) is 6.92 Å². The van der Waals surface area contributed by atoms with Gasteiger partial charge in [0.1, 0.15) is 0 Å². The fourth-order valence-electron chi connectivity index (χ4n) is 4.52. The Morgan fingerprint density at radius 3 is 2.63 bits per heavy atom. The molecule has 0 N–H and O–H groups in total. The van der Waals surface area contributed by atoms with Crippen LogP contribution in [0.25, 0.3) is 16.9 Å². The van der Waals surface area contributed by atoms with Crippen LogP contribution in [-0.4, -0.2) is 43.1 Å².